The van der Waals surface area contributed by atoms with Gasteiger partial charge in [-0.2, -0.15) is 0 Å². The van der Waals surface area contributed by atoms with Crippen molar-refractivity contribution in [1.29, 1.82) is 0 Å². The van der Waals surface area contributed by atoms with Gasteiger partial charge in [-0.1, -0.05) is 6.07 Å². The molecule has 0 aliphatic heterocycles. The fourth-order valence-corrected chi connectivity index (χ4v) is 3.46. The second kappa shape index (κ2) is 5.14. The number of fused-ring (bicyclic) bond motifs is 1. The van der Waals surface area contributed by atoms with E-state index in [1.54, 1.807) is 23.5 Å². The van der Waals surface area contributed by atoms with E-state index in [4.69, 9.17) is 5.14 Å². The van der Waals surface area contributed by atoms with Crippen LogP contribution in [0.3, 0.4) is 0 Å². The average molecular weight is 322 g/mol. The molecule has 21 heavy (non-hydrogen) atoms. The summed E-state index contributed by atoms with van der Waals surface area (Å²) in [6.45, 7) is 2.51. The van der Waals surface area contributed by atoms with Gasteiger partial charge in [0.05, 0.1) is 22.8 Å². The molecule has 0 aliphatic rings. The summed E-state index contributed by atoms with van der Waals surface area (Å²) in [7, 11) is -3.69. The van der Waals surface area contributed by atoms with Crippen molar-refractivity contribution in [2.24, 2.45) is 5.14 Å². The number of nitrogens with zero attached hydrogens (tertiary/aromatic N) is 2. The van der Waals surface area contributed by atoms with Crippen LogP contribution in [0.25, 0.3) is 4.96 Å². The number of benzene rings is 1. The molecule has 1 aromatic carbocycles. The molecule has 0 fully saturated rings. The Morgan fingerprint density at radius 1 is 1.43 bits per heavy atom. The number of hydrogen-bond donors (Lipinski definition) is 2. The molecule has 3 aromatic rings. The summed E-state index contributed by atoms with van der Waals surface area (Å²) in [6, 6.07) is 6.46. The number of rotatable bonds is 4. The number of nitrogens with two attached hydrogens (primary N) is 1. The zero-order valence-electron chi connectivity index (χ0n) is 11.3. The van der Waals surface area contributed by atoms with Gasteiger partial charge in [0.15, 0.2) is 4.96 Å². The second-order valence-electron chi connectivity index (χ2n) is 4.63. The van der Waals surface area contributed by atoms with Gasteiger partial charge in [0, 0.05) is 17.3 Å². The summed E-state index contributed by atoms with van der Waals surface area (Å²) in [4.78, 5) is 5.51. The summed E-state index contributed by atoms with van der Waals surface area (Å²) in [5.74, 6) is 0. The van der Waals surface area contributed by atoms with Crippen molar-refractivity contribution in [1.82, 2.24) is 9.38 Å². The molecule has 0 atom stereocenters. The van der Waals surface area contributed by atoms with E-state index in [9.17, 15) is 8.42 Å². The molecule has 0 amide bonds. The molecule has 0 aliphatic carbocycles. The van der Waals surface area contributed by atoms with Crippen molar-refractivity contribution in [3.05, 3.63) is 47.2 Å². The first-order chi connectivity index (χ1) is 9.95. The van der Waals surface area contributed by atoms with Crippen molar-refractivity contribution < 1.29 is 8.42 Å². The first-order valence-corrected chi connectivity index (χ1v) is 8.65. The molecule has 6 nitrogen and oxygen atoms in total. The molecule has 2 heterocycles. The monoisotopic (exact) mass is 322 g/mol. The van der Waals surface area contributed by atoms with E-state index in [1.807, 2.05) is 22.9 Å². The first-order valence-electron chi connectivity index (χ1n) is 6.23. The quantitative estimate of drug-likeness (QED) is 0.768. The van der Waals surface area contributed by atoms with Crippen LogP contribution in [0, 0.1) is 6.92 Å². The highest BCUT2D eigenvalue weighted by Crippen LogP contribution is 2.19. The van der Waals surface area contributed by atoms with Crippen LogP contribution in [-0.4, -0.2) is 17.8 Å². The molecule has 0 radical (unpaired) electrons. The Morgan fingerprint density at radius 3 is 3.00 bits per heavy atom. The number of nitrogens with one attached hydrogen (secondary N) is 1. The molecule has 0 spiro atoms. The second-order valence-corrected chi connectivity index (χ2v) is 7.06. The standard InChI is InChI=1S/C13H14N4O2S2/c1-9-12(17-5-6-20-13(17)16-9)8-15-10-3-2-4-11(7-10)21(14,18)19/h2-7,15H,8H2,1H3,(H2,14,18,19). The van der Waals surface area contributed by atoms with E-state index in [-0.39, 0.29) is 4.90 Å². The number of sulfonamides is 1. The average Bonchev–Trinajstić information content (AvgIpc) is 2.97. The van der Waals surface area contributed by atoms with Gasteiger partial charge in [-0.3, -0.25) is 4.40 Å². The van der Waals surface area contributed by atoms with Crippen LogP contribution in [-0.2, 0) is 16.6 Å². The van der Waals surface area contributed by atoms with Gasteiger partial charge in [0.1, 0.15) is 0 Å². The van der Waals surface area contributed by atoms with Crippen molar-refractivity contribution in [2.45, 2.75) is 18.4 Å². The van der Waals surface area contributed by atoms with E-state index in [0.29, 0.717) is 12.2 Å². The molecule has 2 aromatic heterocycles. The topological polar surface area (TPSA) is 89.5 Å². The molecule has 0 saturated carbocycles. The normalized spacial score (nSPS) is 11.9. The summed E-state index contributed by atoms with van der Waals surface area (Å²) in [5.41, 5.74) is 2.70. The van der Waals surface area contributed by atoms with Gasteiger partial charge in [0.25, 0.3) is 0 Å². The molecule has 110 valence electrons. The van der Waals surface area contributed by atoms with Crippen LogP contribution >= 0.6 is 11.3 Å². The Kier molecular flexibility index (Phi) is 3.44. The first kappa shape index (κ1) is 14.1. The molecule has 0 saturated heterocycles. The number of thiazole rings is 1. The van der Waals surface area contributed by atoms with Gasteiger partial charge in [-0.25, -0.2) is 18.5 Å². The van der Waals surface area contributed by atoms with Gasteiger partial charge >= 0.3 is 0 Å². The molecule has 3 rings (SSSR count). The minimum Gasteiger partial charge on any atom is -0.379 e. The van der Waals surface area contributed by atoms with Crippen molar-refractivity contribution in [2.75, 3.05) is 5.32 Å². The molecule has 0 unspecified atom stereocenters. The van der Waals surface area contributed by atoms with Gasteiger partial charge in [-0.15, -0.1) is 11.3 Å². The van der Waals surface area contributed by atoms with E-state index in [1.165, 1.54) is 12.1 Å². The van der Waals surface area contributed by atoms with Crippen LogP contribution in [0.2, 0.25) is 0 Å². The highest BCUT2D eigenvalue weighted by molar-refractivity contribution is 7.89. The Balaban J connectivity index is 1.85. The molecular weight excluding hydrogens is 308 g/mol. The van der Waals surface area contributed by atoms with Gasteiger partial charge < -0.3 is 5.32 Å². The molecule has 0 bridgehead atoms. The Bertz CT molecular complexity index is 896. The molecular formula is C13H14N4O2S2. The van der Waals surface area contributed by atoms with E-state index >= 15 is 0 Å². The maximum absolute atomic E-state index is 11.3. The number of hydrogen-bond acceptors (Lipinski definition) is 5. The number of aromatic nitrogens is 2. The van der Waals surface area contributed by atoms with E-state index < -0.39 is 10.0 Å². The number of imidazole rings is 1. The van der Waals surface area contributed by atoms with Crippen LogP contribution < -0.4 is 10.5 Å². The Morgan fingerprint density at radius 2 is 2.24 bits per heavy atom. The van der Waals surface area contributed by atoms with Gasteiger partial charge in [0.2, 0.25) is 10.0 Å². The largest absolute Gasteiger partial charge is 0.379 e. The molecule has 3 N–H and O–H groups in total. The SMILES string of the molecule is Cc1nc2sccn2c1CNc1cccc(S(N)(=O)=O)c1. The Labute approximate surface area is 126 Å². The maximum atomic E-state index is 11.3. The maximum Gasteiger partial charge on any atom is 0.238 e. The van der Waals surface area contributed by atoms with E-state index in [2.05, 4.69) is 10.3 Å². The minimum atomic E-state index is -3.69. The van der Waals surface area contributed by atoms with Crippen molar-refractivity contribution in [3.8, 4) is 0 Å². The van der Waals surface area contributed by atoms with Crippen LogP contribution in [0.5, 0.6) is 0 Å². The van der Waals surface area contributed by atoms with Crippen LogP contribution in [0.4, 0.5) is 5.69 Å². The fraction of sp³-hybridized carbons (Fsp3) is 0.154. The third-order valence-electron chi connectivity index (χ3n) is 3.18. The number of aryl methyl sites for hydroxylation is 1. The third kappa shape index (κ3) is 2.78. The molecule has 8 heteroatoms. The predicted molar refractivity (Wildman–Crippen MR) is 82.9 cm³/mol. The lowest BCUT2D eigenvalue weighted by Crippen LogP contribution is -2.12. The summed E-state index contributed by atoms with van der Waals surface area (Å²) in [6.07, 6.45) is 1.97. The number of primary sulfonamides is 1. The smallest absolute Gasteiger partial charge is 0.238 e. The van der Waals surface area contributed by atoms with Gasteiger partial charge in [-0.05, 0) is 25.1 Å². The zero-order valence-corrected chi connectivity index (χ0v) is 12.9. The zero-order chi connectivity index (χ0) is 15.0. The van der Waals surface area contributed by atoms with Crippen molar-refractivity contribution in [3.63, 3.8) is 0 Å². The summed E-state index contributed by atoms with van der Waals surface area (Å²) < 4.78 is 24.7. The lowest BCUT2D eigenvalue weighted by Gasteiger charge is -2.08. The summed E-state index contributed by atoms with van der Waals surface area (Å²) in [5, 5.41) is 10.3. The van der Waals surface area contributed by atoms with Crippen LogP contribution in [0.1, 0.15) is 11.4 Å². The highest BCUT2D eigenvalue weighted by Gasteiger charge is 2.11. The van der Waals surface area contributed by atoms with Crippen molar-refractivity contribution >= 4 is 32.0 Å². The fourth-order valence-electron chi connectivity index (χ4n) is 2.12. The van der Waals surface area contributed by atoms with E-state index in [0.717, 1.165) is 16.3 Å². The lowest BCUT2D eigenvalue weighted by molar-refractivity contribution is 0.598. The van der Waals surface area contributed by atoms with Crippen LogP contribution in [0.15, 0.2) is 40.7 Å². The third-order valence-corrected chi connectivity index (χ3v) is 4.85. The highest BCUT2D eigenvalue weighted by atomic mass is 32.2. The predicted octanol–water partition coefficient (Wildman–Crippen LogP) is 1.96. The lowest BCUT2D eigenvalue weighted by atomic mass is 10.3. The number of anilines is 1. The Hall–Kier alpha value is -1.90. The summed E-state index contributed by atoms with van der Waals surface area (Å²) >= 11 is 1.58. The minimum absolute atomic E-state index is 0.0955.